The third kappa shape index (κ3) is 8.66. The molecule has 13 heteroatoms. The first-order valence-corrected chi connectivity index (χ1v) is 20.5. The largest absolute Gasteiger partial charge is 0.388 e. The van der Waals surface area contributed by atoms with Crippen molar-refractivity contribution < 1.29 is 24.6 Å². The Morgan fingerprint density at radius 3 is 1.32 bits per heavy atom. The van der Waals surface area contributed by atoms with Crippen molar-refractivity contribution in [1.82, 2.24) is 29.7 Å². The molecule has 1 saturated heterocycles. The number of imidazole rings is 2. The van der Waals surface area contributed by atoms with Crippen molar-refractivity contribution >= 4 is 51.8 Å². The number of amides is 4. The van der Waals surface area contributed by atoms with Crippen molar-refractivity contribution in [2.24, 2.45) is 0 Å². The van der Waals surface area contributed by atoms with E-state index in [0.29, 0.717) is 45.2 Å². The Bertz CT molecular complexity index is 2600. The van der Waals surface area contributed by atoms with Crippen molar-refractivity contribution in [3.05, 3.63) is 191 Å². The van der Waals surface area contributed by atoms with E-state index in [1.165, 1.54) is 0 Å². The maximum atomic E-state index is 15.4. The Hall–Kier alpha value is -7.61. The van der Waals surface area contributed by atoms with Crippen LogP contribution in [0.15, 0.2) is 158 Å². The molecular weight excluding hydrogens is 781 g/mol. The van der Waals surface area contributed by atoms with Gasteiger partial charge in [-0.15, -0.1) is 0 Å². The summed E-state index contributed by atoms with van der Waals surface area (Å²) < 4.78 is 0. The van der Waals surface area contributed by atoms with Crippen molar-refractivity contribution in [1.29, 1.82) is 0 Å². The zero-order valence-electron chi connectivity index (χ0n) is 33.6. The first-order chi connectivity index (χ1) is 30.3. The summed E-state index contributed by atoms with van der Waals surface area (Å²) in [7, 11) is 0. The molecule has 1 aliphatic rings. The van der Waals surface area contributed by atoms with Crippen molar-refractivity contribution in [2.45, 2.75) is 50.2 Å². The number of benzene rings is 6. The number of aliphatic hydroxyl groups is 2. The van der Waals surface area contributed by atoms with Crippen LogP contribution in [0.25, 0.3) is 22.1 Å². The number of fused-ring (bicyclic) bond motifs is 2. The second kappa shape index (κ2) is 17.5. The SMILES string of the molecule is O=C(Nc1nc2ccccc2[nH]1)c1cccc(CN2C(=O)N(Cc3cccc(C(=O)Nc4nc5ccccc5[nH]4)c3)[C@@H](Cc3ccccc3)[C@H](O)[C@@H](O)[C@H]2Cc2ccccc2)c1. The molecule has 6 N–H and O–H groups in total. The lowest BCUT2D eigenvalue weighted by atomic mass is 9.90. The lowest BCUT2D eigenvalue weighted by molar-refractivity contribution is -0.0408. The summed E-state index contributed by atoms with van der Waals surface area (Å²) in [5, 5.41) is 30.2. The van der Waals surface area contributed by atoms with Gasteiger partial charge in [0.1, 0.15) is 12.2 Å². The van der Waals surface area contributed by atoms with Gasteiger partial charge < -0.3 is 30.0 Å². The zero-order chi connectivity index (χ0) is 42.6. The summed E-state index contributed by atoms with van der Waals surface area (Å²) in [6, 6.07) is 45.9. The number of hydrogen-bond acceptors (Lipinski definition) is 7. The van der Waals surface area contributed by atoms with Crippen LogP contribution < -0.4 is 10.6 Å². The number of nitrogens with zero attached hydrogens (tertiary/aromatic N) is 4. The molecule has 0 aliphatic carbocycles. The summed E-state index contributed by atoms with van der Waals surface area (Å²) in [6.45, 7) is 0.0285. The van der Waals surface area contributed by atoms with Gasteiger partial charge in [-0.1, -0.05) is 109 Å². The zero-order valence-corrected chi connectivity index (χ0v) is 33.6. The first kappa shape index (κ1) is 39.8. The van der Waals surface area contributed by atoms with E-state index in [1.54, 1.807) is 46.2 Å². The predicted molar refractivity (Wildman–Crippen MR) is 237 cm³/mol. The number of hydrogen-bond donors (Lipinski definition) is 6. The lowest BCUT2D eigenvalue weighted by Crippen LogP contribution is -2.50. The molecule has 0 spiro atoms. The van der Waals surface area contributed by atoms with Gasteiger partial charge in [0, 0.05) is 24.2 Å². The molecule has 3 heterocycles. The molecule has 4 amide bonds. The van der Waals surface area contributed by atoms with E-state index in [0.717, 1.165) is 22.2 Å². The molecule has 9 rings (SSSR count). The molecule has 13 nitrogen and oxygen atoms in total. The molecule has 0 unspecified atom stereocenters. The number of nitrogens with one attached hydrogen (secondary N) is 4. The maximum Gasteiger partial charge on any atom is 0.321 e. The van der Waals surface area contributed by atoms with Gasteiger partial charge in [0.25, 0.3) is 11.8 Å². The number of aromatic nitrogens is 4. The number of urea groups is 1. The van der Waals surface area contributed by atoms with Crippen molar-refractivity contribution in [3.63, 3.8) is 0 Å². The Balaban J connectivity index is 1.04. The molecule has 6 aromatic carbocycles. The standard InChI is InChI=1S/C49H44N8O5/c58-43-41(27-31-13-3-1-4-14-31)56(29-33-17-11-19-35(25-33)45(60)54-47-50-37-21-7-8-22-38(37)51-47)49(62)57(42(44(43)59)28-32-15-5-2-6-16-32)30-34-18-12-20-36(26-34)46(61)55-48-52-39-23-9-10-24-40(39)53-48/h1-26,41-44,58-59H,27-30H2,(H2,50,51,54,60)(H2,52,53,55,61)/t41-,42+,43-,44-/m0/s1. The van der Waals surface area contributed by atoms with Gasteiger partial charge in [-0.2, -0.15) is 0 Å². The summed E-state index contributed by atoms with van der Waals surface area (Å²) in [5.74, 6) is -0.169. The van der Waals surface area contributed by atoms with Crippen LogP contribution in [0.4, 0.5) is 16.7 Å². The van der Waals surface area contributed by atoms with Gasteiger partial charge >= 0.3 is 6.03 Å². The third-order valence-corrected chi connectivity index (χ3v) is 11.3. The fourth-order valence-corrected chi connectivity index (χ4v) is 8.21. The summed E-state index contributed by atoms with van der Waals surface area (Å²) in [6.07, 6.45) is -2.22. The van der Waals surface area contributed by atoms with Crippen LogP contribution in [0.5, 0.6) is 0 Å². The topological polar surface area (TPSA) is 180 Å². The third-order valence-electron chi connectivity index (χ3n) is 11.3. The Morgan fingerprint density at radius 2 is 0.903 bits per heavy atom. The van der Waals surface area contributed by atoms with E-state index in [9.17, 15) is 19.8 Å². The molecule has 2 aromatic heterocycles. The summed E-state index contributed by atoms with van der Waals surface area (Å²) in [5.41, 5.74) is 6.73. The maximum absolute atomic E-state index is 15.4. The van der Waals surface area contributed by atoms with Gasteiger partial charge in [0.05, 0.1) is 34.2 Å². The van der Waals surface area contributed by atoms with E-state index in [1.807, 2.05) is 121 Å². The van der Waals surface area contributed by atoms with Crippen LogP contribution in [0.1, 0.15) is 43.0 Å². The van der Waals surface area contributed by atoms with E-state index in [2.05, 4.69) is 30.6 Å². The first-order valence-electron chi connectivity index (χ1n) is 20.5. The number of aliphatic hydroxyl groups excluding tert-OH is 2. The Morgan fingerprint density at radius 1 is 0.516 bits per heavy atom. The lowest BCUT2D eigenvalue weighted by Gasteiger charge is -2.36. The average molecular weight is 825 g/mol. The fourth-order valence-electron chi connectivity index (χ4n) is 8.21. The molecule has 62 heavy (non-hydrogen) atoms. The number of carbonyl (C=O) groups is 3. The molecular formula is C49H44N8O5. The minimum Gasteiger partial charge on any atom is -0.388 e. The second-order valence-corrected chi connectivity index (χ2v) is 15.5. The van der Waals surface area contributed by atoms with Crippen LogP contribution >= 0.6 is 0 Å². The molecule has 0 radical (unpaired) electrons. The van der Waals surface area contributed by atoms with Gasteiger partial charge in [0.2, 0.25) is 11.9 Å². The van der Waals surface area contributed by atoms with Crippen LogP contribution in [0, 0.1) is 0 Å². The molecule has 0 bridgehead atoms. The number of rotatable bonds is 12. The van der Waals surface area contributed by atoms with Gasteiger partial charge in [0.15, 0.2) is 0 Å². The van der Waals surface area contributed by atoms with Gasteiger partial charge in [-0.05, 0) is 83.6 Å². The summed E-state index contributed by atoms with van der Waals surface area (Å²) in [4.78, 5) is 60.9. The predicted octanol–water partition coefficient (Wildman–Crippen LogP) is 7.33. The van der Waals surface area contributed by atoms with E-state index < -0.39 is 42.1 Å². The molecule has 4 atom stereocenters. The molecule has 0 saturated carbocycles. The Kier molecular flexibility index (Phi) is 11.3. The van der Waals surface area contributed by atoms with Crippen LogP contribution in [-0.4, -0.2) is 82.1 Å². The number of carbonyl (C=O) groups excluding carboxylic acids is 3. The van der Waals surface area contributed by atoms with Gasteiger partial charge in [-0.3, -0.25) is 20.2 Å². The Labute approximate surface area is 357 Å². The van der Waals surface area contributed by atoms with Gasteiger partial charge in [-0.25, -0.2) is 14.8 Å². The van der Waals surface area contributed by atoms with Crippen LogP contribution in [0.2, 0.25) is 0 Å². The van der Waals surface area contributed by atoms with Crippen molar-refractivity contribution in [2.75, 3.05) is 10.6 Å². The second-order valence-electron chi connectivity index (χ2n) is 15.5. The highest BCUT2D eigenvalue weighted by Gasteiger charge is 2.46. The highest BCUT2D eigenvalue weighted by atomic mass is 16.3. The van der Waals surface area contributed by atoms with E-state index in [-0.39, 0.29) is 25.9 Å². The highest BCUT2D eigenvalue weighted by molar-refractivity contribution is 6.04. The highest BCUT2D eigenvalue weighted by Crippen LogP contribution is 2.31. The van der Waals surface area contributed by atoms with Crippen LogP contribution in [0.3, 0.4) is 0 Å². The number of H-pyrrole nitrogens is 2. The minimum absolute atomic E-state index is 0.0143. The van der Waals surface area contributed by atoms with E-state index >= 15 is 4.79 Å². The summed E-state index contributed by atoms with van der Waals surface area (Å²) >= 11 is 0. The van der Waals surface area contributed by atoms with Crippen LogP contribution in [-0.2, 0) is 25.9 Å². The normalized spacial score (nSPS) is 17.9. The fraction of sp³-hybridized carbons (Fsp3) is 0.163. The monoisotopic (exact) mass is 824 g/mol. The smallest absolute Gasteiger partial charge is 0.321 e. The number of anilines is 2. The molecule has 8 aromatic rings. The number of aromatic amines is 2. The number of para-hydroxylation sites is 4. The van der Waals surface area contributed by atoms with E-state index in [4.69, 9.17) is 0 Å². The minimum atomic E-state index is -1.36. The molecule has 1 fully saturated rings. The van der Waals surface area contributed by atoms with Crippen molar-refractivity contribution in [3.8, 4) is 0 Å². The molecule has 310 valence electrons. The quantitative estimate of drug-likeness (QED) is 0.0747. The average Bonchev–Trinajstić information content (AvgIpc) is 3.90. The molecule has 1 aliphatic heterocycles.